The van der Waals surface area contributed by atoms with Gasteiger partial charge in [-0.3, -0.25) is 25.0 Å². The Bertz CT molecular complexity index is 2020. The summed E-state index contributed by atoms with van der Waals surface area (Å²) in [6.07, 6.45) is 3.91. The van der Waals surface area contributed by atoms with E-state index in [4.69, 9.17) is 16.3 Å². The topological polar surface area (TPSA) is 349 Å². The fraction of sp³-hybridized carbons (Fsp3) is 0.357. The van der Waals surface area contributed by atoms with Crippen molar-refractivity contribution in [3.8, 4) is 11.3 Å². The van der Waals surface area contributed by atoms with E-state index in [0.29, 0.717) is 26.5 Å². The Kier molecular flexibility index (Phi) is 15.5. The maximum atomic E-state index is 13.7. The lowest BCUT2D eigenvalue weighted by Crippen LogP contribution is -2.60. The molecule has 3 aromatic heterocycles. The summed E-state index contributed by atoms with van der Waals surface area (Å²) < 4.78 is 17.7. The van der Waals surface area contributed by atoms with Crippen LogP contribution in [0.1, 0.15) is 25.6 Å². The number of aliphatic carboxylic acids is 2. The van der Waals surface area contributed by atoms with E-state index < -0.39 is 66.5 Å². The lowest BCUT2D eigenvalue weighted by Gasteiger charge is -2.33. The number of rotatable bonds is 18. The fourth-order valence-corrected chi connectivity index (χ4v) is 8.85. The predicted octanol–water partition coefficient (Wildman–Crippen LogP) is -3.08. The van der Waals surface area contributed by atoms with Crippen molar-refractivity contribution in [1.82, 2.24) is 30.3 Å². The molecule has 4 heterocycles. The van der Waals surface area contributed by atoms with Gasteiger partial charge in [-0.1, -0.05) is 16.9 Å². The van der Waals surface area contributed by atoms with Crippen LogP contribution in [0.3, 0.4) is 0 Å². The largest absolute Gasteiger partial charge is 0.548 e. The number of nitrogens with zero attached hydrogens (tertiary/aromatic N) is 6. The number of nitrogens with one attached hydrogen (secondary N) is 4. The molecule has 0 bridgehead atoms. The molecule has 10 N–H and O–H groups in total. The molecule has 0 aromatic carbocycles. The van der Waals surface area contributed by atoms with E-state index in [9.17, 15) is 43.7 Å². The van der Waals surface area contributed by atoms with Gasteiger partial charge in [0.05, 0.1) is 23.3 Å². The molecule has 22 nitrogen and oxygen atoms in total. The zero-order chi connectivity index (χ0) is 40.3. The SMILES string of the molecule is CCO/N=C(\C(=O)NC(C(=O)NC(N)=NCCC[C@@H](N)C(=O)[O-])C1NC(C(=O)[O-])=C(Sc2nc(-c3cc[n+](C)cc3)cs2)CS1)c1nsc(NP(=O)(O)O)n1. The first-order chi connectivity index (χ1) is 26.0. The van der Waals surface area contributed by atoms with Crippen molar-refractivity contribution in [1.29, 1.82) is 0 Å². The molecule has 0 saturated heterocycles. The van der Waals surface area contributed by atoms with Crippen LogP contribution in [-0.2, 0) is 35.6 Å². The van der Waals surface area contributed by atoms with Gasteiger partial charge in [0, 0.05) is 57.9 Å². The van der Waals surface area contributed by atoms with Gasteiger partial charge >= 0.3 is 7.75 Å². The minimum Gasteiger partial charge on any atom is -0.548 e. The van der Waals surface area contributed by atoms with E-state index in [-0.39, 0.29) is 42.6 Å². The Balaban J connectivity index is 1.60. The average molecular weight is 858 g/mol. The van der Waals surface area contributed by atoms with E-state index >= 15 is 0 Å². The van der Waals surface area contributed by atoms with Gasteiger partial charge in [-0.2, -0.15) is 9.36 Å². The van der Waals surface area contributed by atoms with Crippen LogP contribution in [0, 0.1) is 0 Å². The van der Waals surface area contributed by atoms with Gasteiger partial charge in [0.25, 0.3) is 11.8 Å². The zero-order valence-corrected chi connectivity index (χ0v) is 32.9. The Morgan fingerprint density at radius 2 is 1.96 bits per heavy atom. The van der Waals surface area contributed by atoms with E-state index in [1.165, 1.54) is 11.3 Å². The van der Waals surface area contributed by atoms with Crippen LogP contribution < -0.4 is 47.3 Å². The van der Waals surface area contributed by atoms with Crippen LogP contribution in [0.4, 0.5) is 5.13 Å². The number of anilines is 1. The Morgan fingerprint density at radius 1 is 1.24 bits per heavy atom. The number of carboxylic acid groups (broad SMARTS) is 2. The third-order valence-electron chi connectivity index (χ3n) is 6.89. The predicted molar refractivity (Wildman–Crippen MR) is 199 cm³/mol. The molecule has 3 atom stereocenters. The highest BCUT2D eigenvalue weighted by atomic mass is 32.2. The first-order valence-electron chi connectivity index (χ1n) is 15.7. The number of aliphatic imine (C=N–C) groups is 1. The van der Waals surface area contributed by atoms with Crippen molar-refractivity contribution in [2.75, 3.05) is 24.0 Å². The summed E-state index contributed by atoms with van der Waals surface area (Å²) in [7, 11) is -2.92. The van der Waals surface area contributed by atoms with Gasteiger partial charge in [0.15, 0.2) is 22.7 Å². The number of hydrogen-bond acceptors (Lipinski definition) is 19. The Labute approximate surface area is 328 Å². The fourth-order valence-electron chi connectivity index (χ4n) is 4.31. The number of carbonyl (C=O) groups is 4. The molecule has 1 aliphatic rings. The van der Waals surface area contributed by atoms with E-state index in [1.54, 1.807) is 6.92 Å². The molecule has 1 aliphatic heterocycles. The third-order valence-corrected chi connectivity index (χ3v) is 11.6. The second kappa shape index (κ2) is 19.8. The summed E-state index contributed by atoms with van der Waals surface area (Å²) in [6.45, 7) is 1.49. The van der Waals surface area contributed by atoms with Gasteiger partial charge in [0.1, 0.15) is 25.1 Å². The summed E-state index contributed by atoms with van der Waals surface area (Å²) in [4.78, 5) is 87.1. The number of guanidine groups is 1. The molecule has 2 unspecified atom stereocenters. The minimum atomic E-state index is -4.79. The number of oxime groups is 1. The second-order valence-electron chi connectivity index (χ2n) is 11.0. The van der Waals surface area contributed by atoms with Crippen LogP contribution in [0.2, 0.25) is 0 Å². The number of amides is 2. The lowest BCUT2D eigenvalue weighted by atomic mass is 10.2. The van der Waals surface area contributed by atoms with Gasteiger partial charge in [-0.05, 0) is 19.8 Å². The molecule has 0 spiro atoms. The first-order valence-corrected chi connectivity index (χ1v) is 20.8. The van der Waals surface area contributed by atoms with Crippen molar-refractivity contribution in [3.05, 3.63) is 46.3 Å². The maximum Gasteiger partial charge on any atom is 0.429 e. The first kappa shape index (κ1) is 43.0. The van der Waals surface area contributed by atoms with Gasteiger partial charge in [0.2, 0.25) is 16.7 Å². The molecule has 27 heteroatoms. The lowest BCUT2D eigenvalue weighted by molar-refractivity contribution is -0.671. The van der Waals surface area contributed by atoms with Crippen molar-refractivity contribution < 1.29 is 53.1 Å². The van der Waals surface area contributed by atoms with Gasteiger partial charge < -0.3 is 56.5 Å². The number of hydrogen-bond donors (Lipinski definition) is 8. The average Bonchev–Trinajstić information content (AvgIpc) is 3.78. The number of thiazole rings is 1. The van der Waals surface area contributed by atoms with E-state index in [0.717, 1.165) is 29.1 Å². The number of aryl methyl sites for hydroxylation is 1. The molecule has 4 rings (SSSR count). The van der Waals surface area contributed by atoms with Crippen LogP contribution >= 0.6 is 54.1 Å². The molecule has 0 aliphatic carbocycles. The van der Waals surface area contributed by atoms with Gasteiger partial charge in [-0.25, -0.2) is 14.1 Å². The van der Waals surface area contributed by atoms with Crippen LogP contribution in [0.5, 0.6) is 0 Å². The molecular weight excluding hydrogens is 824 g/mol. The molecule has 0 saturated carbocycles. The standard InChI is InChI=1S/C28H35N12O10PS4/c1-3-50-37-18(20-35-27(55-39-20)38-51(47,48)49)21(41)33-19(22(42)36-26(30)31-8-4-5-14(29)24(43)44)23-34-17(25(45)46)16(12-52-23)54-28-32-15(11-53-28)13-6-9-40(2)10-7-13/h6-7,9-11,14,19,23,34H,3-5,8,12,29H2,1-2H3,(H8-,30,31,33,35,36,38,39,41,42,43,44,45,46,47,48,49)/p-1/b37-18-/t14-,19?,23?/m1/s1. The van der Waals surface area contributed by atoms with Crippen LogP contribution in [-0.4, -0.2) is 95.9 Å². The zero-order valence-electron chi connectivity index (χ0n) is 28.7. The number of aromatic nitrogens is 4. The van der Waals surface area contributed by atoms with Crippen molar-refractivity contribution >= 4 is 94.7 Å². The molecular formula is C28H34N12O10PS4-. The highest BCUT2D eigenvalue weighted by Gasteiger charge is 2.37. The third kappa shape index (κ3) is 13.0. The van der Waals surface area contributed by atoms with Crippen molar-refractivity contribution in [3.63, 3.8) is 0 Å². The summed E-state index contributed by atoms with van der Waals surface area (Å²) >= 11 is 3.93. The van der Waals surface area contributed by atoms with Crippen molar-refractivity contribution in [2.45, 2.75) is 41.6 Å². The monoisotopic (exact) mass is 857 g/mol. The number of pyridine rings is 1. The maximum absolute atomic E-state index is 13.7. The molecule has 2 amide bonds. The van der Waals surface area contributed by atoms with Crippen LogP contribution in [0.15, 0.2) is 55.0 Å². The van der Waals surface area contributed by atoms with E-state index in [2.05, 4.69) is 40.4 Å². The summed E-state index contributed by atoms with van der Waals surface area (Å²) in [5, 5.41) is 36.7. The second-order valence-corrected chi connectivity index (χ2v) is 16.4. The summed E-state index contributed by atoms with van der Waals surface area (Å²) in [5.41, 5.74) is 11.9. The minimum absolute atomic E-state index is 0.0124. The quantitative estimate of drug-likeness (QED) is 0.0157. The number of nitrogens with two attached hydrogens (primary N) is 2. The van der Waals surface area contributed by atoms with Gasteiger partial charge in [-0.15, -0.1) is 23.1 Å². The normalized spacial score (nSPS) is 16.1. The smallest absolute Gasteiger partial charge is 0.429 e. The molecule has 0 radical (unpaired) electrons. The number of carbonyl (C=O) groups excluding carboxylic acids is 4. The highest BCUT2D eigenvalue weighted by Crippen LogP contribution is 2.39. The Hall–Kier alpha value is -4.69. The highest BCUT2D eigenvalue weighted by molar-refractivity contribution is 8.07. The van der Waals surface area contributed by atoms with Crippen molar-refractivity contribution in [2.24, 2.45) is 28.7 Å². The molecule has 3 aromatic rings. The Morgan fingerprint density at radius 3 is 2.62 bits per heavy atom. The molecule has 296 valence electrons. The van der Waals surface area contributed by atoms with E-state index in [1.807, 2.05) is 46.6 Å². The molecule has 0 fully saturated rings. The summed E-state index contributed by atoms with van der Waals surface area (Å²) in [6, 6.07) is 0.911. The molecule has 55 heavy (non-hydrogen) atoms. The number of thioether (sulfide) groups is 2. The summed E-state index contributed by atoms with van der Waals surface area (Å²) in [5.74, 6) is -5.93. The van der Waals surface area contributed by atoms with Crippen LogP contribution in [0.25, 0.3) is 11.3 Å². The number of carboxylic acids is 2.